The number of rotatable bonds is 2. The molecule has 0 amide bonds. The minimum absolute atomic E-state index is 0.122. The first kappa shape index (κ1) is 12.2. The van der Waals surface area contributed by atoms with Crippen LogP contribution in [0.25, 0.3) is 0 Å². The van der Waals surface area contributed by atoms with E-state index in [-0.39, 0.29) is 5.54 Å². The Labute approximate surface area is 109 Å². The molecule has 1 aromatic carbocycles. The van der Waals surface area contributed by atoms with Gasteiger partial charge in [0.05, 0.1) is 6.61 Å². The van der Waals surface area contributed by atoms with Gasteiger partial charge >= 0.3 is 0 Å². The van der Waals surface area contributed by atoms with Crippen LogP contribution in [0.1, 0.15) is 24.5 Å². The maximum Gasteiger partial charge on any atom is 0.0509 e. The van der Waals surface area contributed by atoms with Crippen molar-refractivity contribution in [2.75, 3.05) is 19.8 Å². The monoisotopic (exact) mass is 246 g/mol. The zero-order valence-electron chi connectivity index (χ0n) is 11.1. The molecule has 3 nitrogen and oxygen atoms in total. The third-order valence-corrected chi connectivity index (χ3v) is 4.79. The van der Waals surface area contributed by atoms with Crippen LogP contribution in [0.2, 0.25) is 0 Å². The molecule has 2 unspecified atom stereocenters. The molecule has 2 aliphatic heterocycles. The van der Waals surface area contributed by atoms with Crippen molar-refractivity contribution in [1.29, 1.82) is 0 Å². The van der Waals surface area contributed by atoms with Gasteiger partial charge in [-0.05, 0) is 23.5 Å². The van der Waals surface area contributed by atoms with Crippen molar-refractivity contribution in [3.05, 3.63) is 35.4 Å². The minimum atomic E-state index is 0.122. The largest absolute Gasteiger partial charge is 0.381 e. The van der Waals surface area contributed by atoms with E-state index in [1.807, 2.05) is 0 Å². The molecule has 1 saturated heterocycles. The lowest BCUT2D eigenvalue weighted by Crippen LogP contribution is -2.59. The van der Waals surface area contributed by atoms with Gasteiger partial charge in [0, 0.05) is 31.8 Å². The molecule has 0 aliphatic carbocycles. The summed E-state index contributed by atoms with van der Waals surface area (Å²) in [4.78, 5) is 2.57. The highest BCUT2D eigenvalue weighted by molar-refractivity contribution is 5.31. The molecule has 0 spiro atoms. The fourth-order valence-electron chi connectivity index (χ4n) is 3.46. The van der Waals surface area contributed by atoms with E-state index in [2.05, 4.69) is 36.1 Å². The molecule has 0 aromatic heterocycles. The Hall–Kier alpha value is -0.900. The van der Waals surface area contributed by atoms with Gasteiger partial charge in [0.1, 0.15) is 0 Å². The molecule has 1 fully saturated rings. The lowest BCUT2D eigenvalue weighted by molar-refractivity contribution is -0.0687. The van der Waals surface area contributed by atoms with Crippen LogP contribution in [0.15, 0.2) is 24.3 Å². The lowest BCUT2D eigenvalue weighted by Gasteiger charge is -2.48. The quantitative estimate of drug-likeness (QED) is 0.864. The summed E-state index contributed by atoms with van der Waals surface area (Å²) in [5.41, 5.74) is 9.19. The molecule has 18 heavy (non-hydrogen) atoms. The van der Waals surface area contributed by atoms with Gasteiger partial charge in [-0.15, -0.1) is 0 Å². The van der Waals surface area contributed by atoms with Crippen molar-refractivity contribution in [1.82, 2.24) is 4.90 Å². The fourth-order valence-corrected chi connectivity index (χ4v) is 3.46. The van der Waals surface area contributed by atoms with E-state index in [1.165, 1.54) is 11.1 Å². The Kier molecular flexibility index (Phi) is 3.14. The third kappa shape index (κ3) is 1.78. The molecule has 3 rings (SSSR count). The Balaban J connectivity index is 1.87. The molecule has 2 N–H and O–H groups in total. The summed E-state index contributed by atoms with van der Waals surface area (Å²) < 4.78 is 5.59. The second-order valence-electron chi connectivity index (χ2n) is 5.66. The van der Waals surface area contributed by atoms with Crippen molar-refractivity contribution in [2.45, 2.75) is 32.0 Å². The van der Waals surface area contributed by atoms with Gasteiger partial charge in [0.15, 0.2) is 0 Å². The van der Waals surface area contributed by atoms with E-state index in [4.69, 9.17) is 10.5 Å². The Bertz CT molecular complexity index is 409. The van der Waals surface area contributed by atoms with E-state index in [1.54, 1.807) is 0 Å². The third-order valence-electron chi connectivity index (χ3n) is 4.79. The van der Waals surface area contributed by atoms with Crippen molar-refractivity contribution in [2.24, 2.45) is 11.7 Å². The number of hydrogen-bond donors (Lipinski definition) is 1. The van der Waals surface area contributed by atoms with Crippen molar-refractivity contribution in [3.8, 4) is 0 Å². The van der Waals surface area contributed by atoms with E-state index >= 15 is 0 Å². The summed E-state index contributed by atoms with van der Waals surface area (Å²) in [5.74, 6) is 0.505. The number of nitrogens with two attached hydrogens (primary N) is 1. The molecule has 2 heterocycles. The lowest BCUT2D eigenvalue weighted by atomic mass is 9.79. The summed E-state index contributed by atoms with van der Waals surface area (Å²) in [7, 11) is 0. The van der Waals surface area contributed by atoms with Crippen molar-refractivity contribution < 1.29 is 4.74 Å². The number of benzene rings is 1. The van der Waals surface area contributed by atoms with Gasteiger partial charge in [0.25, 0.3) is 0 Å². The normalized spacial score (nSPS) is 32.4. The van der Waals surface area contributed by atoms with E-state index in [9.17, 15) is 0 Å². The summed E-state index contributed by atoms with van der Waals surface area (Å²) in [6, 6.07) is 8.74. The Morgan fingerprint density at radius 2 is 2.00 bits per heavy atom. The zero-order valence-corrected chi connectivity index (χ0v) is 11.1. The van der Waals surface area contributed by atoms with Gasteiger partial charge in [-0.3, -0.25) is 4.90 Å². The molecule has 3 heteroatoms. The van der Waals surface area contributed by atoms with Crippen LogP contribution < -0.4 is 5.73 Å². The molecule has 2 atom stereocenters. The summed E-state index contributed by atoms with van der Waals surface area (Å²) in [6.07, 6.45) is 1.05. The molecule has 2 aliphatic rings. The topological polar surface area (TPSA) is 38.5 Å². The van der Waals surface area contributed by atoms with Crippen LogP contribution in [-0.4, -0.2) is 30.2 Å². The van der Waals surface area contributed by atoms with E-state index in [0.29, 0.717) is 5.92 Å². The number of fused-ring (bicyclic) bond motifs is 1. The highest BCUT2D eigenvalue weighted by Gasteiger charge is 2.44. The van der Waals surface area contributed by atoms with Crippen LogP contribution in [-0.2, 0) is 17.8 Å². The van der Waals surface area contributed by atoms with Gasteiger partial charge in [-0.25, -0.2) is 0 Å². The summed E-state index contributed by atoms with van der Waals surface area (Å²) in [6.45, 7) is 6.76. The molecule has 1 aromatic rings. The SMILES string of the molecule is CC1COCCC1(CN)N1Cc2ccccc2C1. The maximum absolute atomic E-state index is 6.15. The second-order valence-corrected chi connectivity index (χ2v) is 5.66. The van der Waals surface area contributed by atoms with Crippen LogP contribution >= 0.6 is 0 Å². The smallest absolute Gasteiger partial charge is 0.0509 e. The van der Waals surface area contributed by atoms with Gasteiger partial charge in [-0.2, -0.15) is 0 Å². The summed E-state index contributed by atoms with van der Waals surface area (Å²) in [5, 5.41) is 0. The average molecular weight is 246 g/mol. The maximum atomic E-state index is 6.15. The van der Waals surface area contributed by atoms with Crippen molar-refractivity contribution >= 4 is 0 Å². The Morgan fingerprint density at radius 3 is 2.56 bits per heavy atom. The number of ether oxygens (including phenoxy) is 1. The summed E-state index contributed by atoms with van der Waals surface area (Å²) >= 11 is 0. The van der Waals surface area contributed by atoms with E-state index < -0.39 is 0 Å². The van der Waals surface area contributed by atoms with Crippen molar-refractivity contribution in [3.63, 3.8) is 0 Å². The first-order chi connectivity index (χ1) is 8.76. The zero-order chi connectivity index (χ0) is 12.6. The molecule has 0 saturated carbocycles. The predicted molar refractivity (Wildman–Crippen MR) is 72.1 cm³/mol. The fraction of sp³-hybridized carbons (Fsp3) is 0.600. The molecular weight excluding hydrogens is 224 g/mol. The second kappa shape index (κ2) is 4.65. The molecular formula is C15H22N2O. The first-order valence-electron chi connectivity index (χ1n) is 6.86. The van der Waals surface area contributed by atoms with Gasteiger partial charge in [-0.1, -0.05) is 31.2 Å². The van der Waals surface area contributed by atoms with Crippen LogP contribution in [0, 0.1) is 5.92 Å². The van der Waals surface area contributed by atoms with Gasteiger partial charge < -0.3 is 10.5 Å². The van der Waals surface area contributed by atoms with E-state index in [0.717, 1.165) is 39.3 Å². The highest BCUT2D eigenvalue weighted by Crippen LogP contribution is 2.37. The molecule has 0 radical (unpaired) electrons. The molecule has 0 bridgehead atoms. The van der Waals surface area contributed by atoms with Gasteiger partial charge in [0.2, 0.25) is 0 Å². The predicted octanol–water partition coefficient (Wildman–Crippen LogP) is 1.76. The van der Waals surface area contributed by atoms with Crippen LogP contribution in [0.5, 0.6) is 0 Å². The number of nitrogens with zero attached hydrogens (tertiary/aromatic N) is 1. The minimum Gasteiger partial charge on any atom is -0.381 e. The molecule has 98 valence electrons. The van der Waals surface area contributed by atoms with Crippen LogP contribution in [0.4, 0.5) is 0 Å². The number of hydrogen-bond acceptors (Lipinski definition) is 3. The Morgan fingerprint density at radius 1 is 1.33 bits per heavy atom. The van der Waals surface area contributed by atoms with Crippen LogP contribution in [0.3, 0.4) is 0 Å². The first-order valence-corrected chi connectivity index (χ1v) is 6.86. The standard InChI is InChI=1S/C15H22N2O/c1-12-10-18-7-6-15(12,11-16)17-8-13-4-2-3-5-14(13)9-17/h2-5,12H,6-11,16H2,1H3. The average Bonchev–Trinajstić information content (AvgIpc) is 2.83. The highest BCUT2D eigenvalue weighted by atomic mass is 16.5.